The number of likely N-dealkylation sites (tertiary alicyclic amines) is 1. The average molecular weight is 168 g/mol. The van der Waals surface area contributed by atoms with Gasteiger partial charge in [-0.1, -0.05) is 0 Å². The number of H-pyrrole nitrogens is 1. The lowest BCUT2D eigenvalue weighted by Crippen LogP contribution is -2.36. The number of nitrogens with one attached hydrogen (secondary N) is 1. The molecule has 0 radical (unpaired) electrons. The van der Waals surface area contributed by atoms with Crippen LogP contribution in [0, 0.1) is 0 Å². The van der Waals surface area contributed by atoms with E-state index in [1.165, 1.54) is 6.42 Å². The van der Waals surface area contributed by atoms with Gasteiger partial charge in [-0.3, -0.25) is 10.00 Å². The Morgan fingerprint density at radius 2 is 2.33 bits per heavy atom. The molecule has 0 aromatic carbocycles. The van der Waals surface area contributed by atoms with Crippen molar-refractivity contribution in [3.05, 3.63) is 11.6 Å². The van der Waals surface area contributed by atoms with Crippen molar-refractivity contribution in [2.45, 2.75) is 19.6 Å². The zero-order chi connectivity index (χ0) is 8.39. The lowest BCUT2D eigenvalue weighted by Gasteiger charge is -2.29. The molecule has 0 saturated carbocycles. The van der Waals surface area contributed by atoms with Gasteiger partial charge in [-0.25, -0.2) is 4.98 Å². The molecular weight excluding hydrogens is 156 g/mol. The third-order valence-corrected chi connectivity index (χ3v) is 2.04. The molecule has 5 nitrogen and oxygen atoms in total. The largest absolute Gasteiger partial charge is 0.388 e. The Bertz CT molecular complexity index is 256. The van der Waals surface area contributed by atoms with Crippen LogP contribution in [0.3, 0.4) is 0 Å². The monoisotopic (exact) mass is 168 g/mol. The molecule has 0 atom stereocenters. The quantitative estimate of drug-likeness (QED) is 0.638. The summed E-state index contributed by atoms with van der Waals surface area (Å²) in [5.41, 5.74) is 0. The summed E-state index contributed by atoms with van der Waals surface area (Å²) < 4.78 is 0. The van der Waals surface area contributed by atoms with Gasteiger partial charge >= 0.3 is 0 Å². The van der Waals surface area contributed by atoms with Crippen molar-refractivity contribution >= 4 is 0 Å². The van der Waals surface area contributed by atoms with Gasteiger partial charge in [-0.15, -0.1) is 0 Å². The molecule has 1 aliphatic heterocycles. The number of rotatable bonds is 3. The molecule has 1 saturated heterocycles. The minimum atomic E-state index is -0.0625. The lowest BCUT2D eigenvalue weighted by molar-refractivity contribution is 0.168. The second-order valence-electron chi connectivity index (χ2n) is 2.99. The van der Waals surface area contributed by atoms with Crippen LogP contribution in [0.5, 0.6) is 0 Å². The van der Waals surface area contributed by atoms with E-state index in [2.05, 4.69) is 20.1 Å². The second-order valence-corrected chi connectivity index (χ2v) is 2.99. The van der Waals surface area contributed by atoms with E-state index < -0.39 is 0 Å². The third-order valence-electron chi connectivity index (χ3n) is 2.04. The summed E-state index contributed by atoms with van der Waals surface area (Å²) in [4.78, 5) is 6.36. The first kappa shape index (κ1) is 7.70. The van der Waals surface area contributed by atoms with Crippen molar-refractivity contribution in [1.82, 2.24) is 20.1 Å². The minimum Gasteiger partial charge on any atom is -0.388 e. The summed E-state index contributed by atoms with van der Waals surface area (Å²) in [5, 5.41) is 15.4. The molecular formula is C7H12N4O. The maximum atomic E-state index is 8.71. The van der Waals surface area contributed by atoms with Crippen LogP contribution in [0.15, 0.2) is 0 Å². The number of aliphatic hydroxyl groups excluding tert-OH is 1. The van der Waals surface area contributed by atoms with Gasteiger partial charge in [0.25, 0.3) is 0 Å². The van der Waals surface area contributed by atoms with Gasteiger partial charge in [0.05, 0.1) is 6.54 Å². The van der Waals surface area contributed by atoms with Crippen LogP contribution >= 0.6 is 0 Å². The summed E-state index contributed by atoms with van der Waals surface area (Å²) in [7, 11) is 0. The molecule has 2 heterocycles. The molecule has 0 bridgehead atoms. The molecule has 0 spiro atoms. The van der Waals surface area contributed by atoms with Gasteiger partial charge in [0, 0.05) is 0 Å². The number of aliphatic hydroxyl groups is 1. The molecule has 0 amide bonds. The van der Waals surface area contributed by atoms with Crippen molar-refractivity contribution < 1.29 is 5.11 Å². The number of hydrogen-bond acceptors (Lipinski definition) is 4. The molecule has 1 aliphatic rings. The first-order valence-electron chi connectivity index (χ1n) is 4.12. The minimum absolute atomic E-state index is 0.0625. The summed E-state index contributed by atoms with van der Waals surface area (Å²) in [6.45, 7) is 3.02. The maximum Gasteiger partial charge on any atom is 0.164 e. The highest BCUT2D eigenvalue weighted by molar-refractivity contribution is 4.89. The van der Waals surface area contributed by atoms with Crippen molar-refractivity contribution in [1.29, 1.82) is 0 Å². The highest BCUT2D eigenvalue weighted by Crippen LogP contribution is 2.08. The Morgan fingerprint density at radius 3 is 2.83 bits per heavy atom. The zero-order valence-electron chi connectivity index (χ0n) is 6.82. The standard InChI is InChI=1S/C7H12N4O/c12-5-7-8-6(9-10-7)4-11-2-1-3-11/h12H,1-5H2,(H,8,9,10). The smallest absolute Gasteiger partial charge is 0.164 e. The van der Waals surface area contributed by atoms with Crippen LogP contribution in [0.25, 0.3) is 0 Å². The summed E-state index contributed by atoms with van der Waals surface area (Å²) in [6.07, 6.45) is 1.28. The van der Waals surface area contributed by atoms with E-state index >= 15 is 0 Å². The van der Waals surface area contributed by atoms with E-state index in [0.29, 0.717) is 5.82 Å². The molecule has 1 aromatic rings. The Morgan fingerprint density at radius 1 is 1.50 bits per heavy atom. The number of nitrogens with zero attached hydrogens (tertiary/aromatic N) is 3. The molecule has 2 rings (SSSR count). The highest BCUT2D eigenvalue weighted by Gasteiger charge is 2.15. The zero-order valence-corrected chi connectivity index (χ0v) is 6.82. The SMILES string of the molecule is OCc1nc(CN2CCC2)n[nH]1. The first-order chi connectivity index (χ1) is 5.88. The molecule has 2 N–H and O–H groups in total. The van der Waals surface area contributed by atoms with Crippen molar-refractivity contribution in [2.75, 3.05) is 13.1 Å². The Labute approximate surface area is 70.4 Å². The molecule has 0 aliphatic carbocycles. The molecule has 12 heavy (non-hydrogen) atoms. The van der Waals surface area contributed by atoms with E-state index in [4.69, 9.17) is 5.11 Å². The summed E-state index contributed by atoms with van der Waals surface area (Å²) >= 11 is 0. The first-order valence-corrected chi connectivity index (χ1v) is 4.12. The Balaban J connectivity index is 1.93. The van der Waals surface area contributed by atoms with Crippen LogP contribution in [0.2, 0.25) is 0 Å². The number of hydrogen-bond donors (Lipinski definition) is 2. The van der Waals surface area contributed by atoms with Crippen LogP contribution in [0.1, 0.15) is 18.1 Å². The Kier molecular flexibility index (Phi) is 2.05. The van der Waals surface area contributed by atoms with Gasteiger partial charge in [0.1, 0.15) is 12.4 Å². The normalized spacial score (nSPS) is 17.8. The third kappa shape index (κ3) is 1.46. The van der Waals surface area contributed by atoms with Gasteiger partial charge in [0.2, 0.25) is 0 Å². The number of aromatic amines is 1. The number of aromatic nitrogens is 3. The predicted molar refractivity (Wildman–Crippen MR) is 42.2 cm³/mol. The van der Waals surface area contributed by atoms with E-state index in [-0.39, 0.29) is 6.61 Å². The van der Waals surface area contributed by atoms with Crippen LogP contribution in [0.4, 0.5) is 0 Å². The lowest BCUT2D eigenvalue weighted by atomic mass is 10.2. The molecule has 1 fully saturated rings. The van der Waals surface area contributed by atoms with Gasteiger partial charge in [-0.05, 0) is 19.5 Å². The molecule has 1 aromatic heterocycles. The summed E-state index contributed by atoms with van der Waals surface area (Å²) in [5.74, 6) is 1.32. The van der Waals surface area contributed by atoms with E-state index in [9.17, 15) is 0 Å². The van der Waals surface area contributed by atoms with Crippen LogP contribution in [-0.4, -0.2) is 38.3 Å². The van der Waals surface area contributed by atoms with Crippen LogP contribution < -0.4 is 0 Å². The highest BCUT2D eigenvalue weighted by atomic mass is 16.3. The van der Waals surface area contributed by atoms with Crippen molar-refractivity contribution in [2.24, 2.45) is 0 Å². The van der Waals surface area contributed by atoms with E-state index in [1.807, 2.05) is 0 Å². The maximum absolute atomic E-state index is 8.71. The van der Waals surface area contributed by atoms with Crippen molar-refractivity contribution in [3.63, 3.8) is 0 Å². The van der Waals surface area contributed by atoms with Gasteiger partial charge in [0.15, 0.2) is 5.82 Å². The topological polar surface area (TPSA) is 65.0 Å². The molecule has 66 valence electrons. The summed E-state index contributed by atoms with van der Waals surface area (Å²) in [6, 6.07) is 0. The molecule has 5 heteroatoms. The fraction of sp³-hybridized carbons (Fsp3) is 0.714. The Hall–Kier alpha value is -0.940. The van der Waals surface area contributed by atoms with Crippen molar-refractivity contribution in [3.8, 4) is 0 Å². The molecule has 0 unspecified atom stereocenters. The second kappa shape index (κ2) is 3.20. The fourth-order valence-corrected chi connectivity index (χ4v) is 1.22. The van der Waals surface area contributed by atoms with E-state index in [0.717, 1.165) is 25.5 Å². The van der Waals surface area contributed by atoms with Crippen LogP contribution in [-0.2, 0) is 13.2 Å². The fourth-order valence-electron chi connectivity index (χ4n) is 1.22. The predicted octanol–water partition coefficient (Wildman–Crippen LogP) is -0.497. The van der Waals surface area contributed by atoms with Gasteiger partial charge < -0.3 is 5.11 Å². The van der Waals surface area contributed by atoms with E-state index in [1.54, 1.807) is 0 Å². The average Bonchev–Trinajstić information content (AvgIpc) is 2.44. The van der Waals surface area contributed by atoms with Gasteiger partial charge in [-0.2, -0.15) is 5.10 Å².